The number of hydrogen-bond donors (Lipinski definition) is 1. The molecule has 0 saturated carbocycles. The predicted octanol–water partition coefficient (Wildman–Crippen LogP) is 1.20. The molecule has 1 amide bonds. The SMILES string of the molecule is CN(C)CCN1CCOC2CCN(C(=O)CCc3ccc[nH]3)CCC21. The van der Waals surface area contributed by atoms with Crippen molar-refractivity contribution >= 4 is 5.91 Å². The third-order valence-corrected chi connectivity index (χ3v) is 5.44. The van der Waals surface area contributed by atoms with Crippen molar-refractivity contribution in [3.63, 3.8) is 0 Å². The van der Waals surface area contributed by atoms with Gasteiger partial charge in [0.2, 0.25) is 5.91 Å². The van der Waals surface area contributed by atoms with Crippen LogP contribution in [0.25, 0.3) is 0 Å². The van der Waals surface area contributed by atoms with Crippen LogP contribution in [0.5, 0.6) is 0 Å². The number of nitrogens with one attached hydrogen (secondary N) is 1. The van der Waals surface area contributed by atoms with Gasteiger partial charge in [-0.1, -0.05) is 0 Å². The van der Waals surface area contributed by atoms with E-state index in [0.29, 0.717) is 12.5 Å². The molecule has 2 aliphatic heterocycles. The van der Waals surface area contributed by atoms with Crippen molar-refractivity contribution in [2.75, 3.05) is 53.4 Å². The van der Waals surface area contributed by atoms with E-state index in [2.05, 4.69) is 33.8 Å². The van der Waals surface area contributed by atoms with E-state index in [1.54, 1.807) is 0 Å². The number of amides is 1. The number of ether oxygens (including phenoxy) is 1. The van der Waals surface area contributed by atoms with Crippen molar-refractivity contribution < 1.29 is 9.53 Å². The summed E-state index contributed by atoms with van der Waals surface area (Å²) in [6.07, 6.45) is 5.54. The number of likely N-dealkylation sites (tertiary alicyclic amines) is 1. The molecule has 2 unspecified atom stereocenters. The number of aromatic amines is 1. The van der Waals surface area contributed by atoms with E-state index < -0.39 is 0 Å². The second kappa shape index (κ2) is 8.83. The van der Waals surface area contributed by atoms with Gasteiger partial charge in [-0.2, -0.15) is 0 Å². The summed E-state index contributed by atoms with van der Waals surface area (Å²) in [5, 5.41) is 0. The molecule has 1 N–H and O–H groups in total. The molecule has 2 saturated heterocycles. The molecule has 6 heteroatoms. The summed E-state index contributed by atoms with van der Waals surface area (Å²) in [5.41, 5.74) is 1.13. The minimum Gasteiger partial charge on any atom is -0.375 e. The summed E-state index contributed by atoms with van der Waals surface area (Å²) in [5.74, 6) is 0.271. The number of aryl methyl sites for hydroxylation is 1. The number of carbonyl (C=O) groups is 1. The summed E-state index contributed by atoms with van der Waals surface area (Å²) in [6.45, 7) is 5.66. The van der Waals surface area contributed by atoms with Gasteiger partial charge in [-0.3, -0.25) is 9.69 Å². The zero-order valence-corrected chi connectivity index (χ0v) is 15.6. The third kappa shape index (κ3) is 5.06. The smallest absolute Gasteiger partial charge is 0.222 e. The van der Waals surface area contributed by atoms with Crippen LogP contribution in [0.3, 0.4) is 0 Å². The van der Waals surface area contributed by atoms with Gasteiger partial charge in [-0.15, -0.1) is 0 Å². The normalized spacial score (nSPS) is 25.0. The van der Waals surface area contributed by atoms with E-state index in [-0.39, 0.29) is 12.0 Å². The maximum Gasteiger partial charge on any atom is 0.222 e. The summed E-state index contributed by atoms with van der Waals surface area (Å²) in [6, 6.07) is 4.48. The molecular formula is C19H32N4O2. The summed E-state index contributed by atoms with van der Waals surface area (Å²) >= 11 is 0. The van der Waals surface area contributed by atoms with E-state index in [1.165, 1.54) is 0 Å². The van der Waals surface area contributed by atoms with Crippen molar-refractivity contribution in [3.05, 3.63) is 24.0 Å². The Balaban J connectivity index is 1.52. The second-order valence-electron chi connectivity index (χ2n) is 7.47. The lowest BCUT2D eigenvalue weighted by Crippen LogP contribution is -2.52. The number of carbonyl (C=O) groups excluding carboxylic acids is 1. The van der Waals surface area contributed by atoms with E-state index in [1.807, 2.05) is 18.3 Å². The fourth-order valence-corrected chi connectivity index (χ4v) is 3.94. The van der Waals surface area contributed by atoms with Gasteiger partial charge in [0.05, 0.1) is 12.7 Å². The third-order valence-electron chi connectivity index (χ3n) is 5.44. The molecule has 0 aliphatic carbocycles. The van der Waals surface area contributed by atoms with Gasteiger partial charge in [-0.05, 0) is 45.5 Å². The average molecular weight is 348 g/mol. The zero-order valence-electron chi connectivity index (χ0n) is 15.6. The highest BCUT2D eigenvalue weighted by molar-refractivity contribution is 5.76. The first-order valence-electron chi connectivity index (χ1n) is 9.54. The quantitative estimate of drug-likeness (QED) is 0.839. The highest BCUT2D eigenvalue weighted by atomic mass is 16.5. The molecule has 2 aliphatic rings. The van der Waals surface area contributed by atoms with Gasteiger partial charge in [0.25, 0.3) is 0 Å². The maximum atomic E-state index is 12.6. The van der Waals surface area contributed by atoms with Crippen LogP contribution in [0.4, 0.5) is 0 Å². The summed E-state index contributed by atoms with van der Waals surface area (Å²) in [7, 11) is 4.24. The molecule has 3 rings (SSSR count). The average Bonchev–Trinajstić information content (AvgIpc) is 3.02. The van der Waals surface area contributed by atoms with E-state index in [0.717, 1.165) is 64.3 Å². The predicted molar refractivity (Wildman–Crippen MR) is 98.6 cm³/mol. The van der Waals surface area contributed by atoms with Crippen LogP contribution < -0.4 is 0 Å². The lowest BCUT2D eigenvalue weighted by atomic mass is 10.0. The molecule has 1 aromatic rings. The van der Waals surface area contributed by atoms with Crippen LogP contribution in [0.1, 0.15) is 25.0 Å². The fourth-order valence-electron chi connectivity index (χ4n) is 3.94. The molecule has 0 aromatic carbocycles. The first-order valence-corrected chi connectivity index (χ1v) is 9.54. The molecular weight excluding hydrogens is 316 g/mol. The highest BCUT2D eigenvalue weighted by Gasteiger charge is 2.35. The number of hydrogen-bond acceptors (Lipinski definition) is 4. The second-order valence-corrected chi connectivity index (χ2v) is 7.47. The number of aromatic nitrogens is 1. The van der Waals surface area contributed by atoms with Crippen LogP contribution in [0, 0.1) is 0 Å². The van der Waals surface area contributed by atoms with Crippen LogP contribution in [0.15, 0.2) is 18.3 Å². The number of likely N-dealkylation sites (N-methyl/N-ethyl adjacent to an activating group) is 1. The highest BCUT2D eigenvalue weighted by Crippen LogP contribution is 2.24. The Morgan fingerprint density at radius 1 is 1.32 bits per heavy atom. The van der Waals surface area contributed by atoms with Crippen molar-refractivity contribution in [1.29, 1.82) is 0 Å². The number of fused-ring (bicyclic) bond motifs is 1. The van der Waals surface area contributed by atoms with Crippen molar-refractivity contribution in [1.82, 2.24) is 19.7 Å². The van der Waals surface area contributed by atoms with Gasteiger partial charge in [0, 0.05) is 57.1 Å². The number of H-pyrrole nitrogens is 1. The van der Waals surface area contributed by atoms with Crippen molar-refractivity contribution in [3.8, 4) is 0 Å². The molecule has 0 spiro atoms. The molecule has 6 nitrogen and oxygen atoms in total. The molecule has 1 aromatic heterocycles. The van der Waals surface area contributed by atoms with Gasteiger partial charge >= 0.3 is 0 Å². The van der Waals surface area contributed by atoms with Gasteiger partial charge < -0.3 is 19.5 Å². The first kappa shape index (κ1) is 18.4. The van der Waals surface area contributed by atoms with Gasteiger partial charge in [0.1, 0.15) is 0 Å². The number of nitrogens with zero attached hydrogens (tertiary/aromatic N) is 3. The Hall–Kier alpha value is -1.37. The molecule has 2 atom stereocenters. The Morgan fingerprint density at radius 2 is 2.16 bits per heavy atom. The molecule has 140 valence electrons. The standard InChI is InChI=1S/C19H32N4O2/c1-21(2)12-13-22-14-15-25-18-8-11-23(10-7-17(18)22)19(24)6-5-16-4-3-9-20-16/h3-4,9,17-18,20H,5-8,10-15H2,1-2H3. The lowest BCUT2D eigenvalue weighted by Gasteiger charge is -2.40. The summed E-state index contributed by atoms with van der Waals surface area (Å²) < 4.78 is 6.05. The number of rotatable bonds is 6. The molecule has 2 fully saturated rings. The minimum atomic E-state index is 0.271. The van der Waals surface area contributed by atoms with Gasteiger partial charge in [0.15, 0.2) is 0 Å². The van der Waals surface area contributed by atoms with Gasteiger partial charge in [-0.25, -0.2) is 0 Å². The van der Waals surface area contributed by atoms with E-state index >= 15 is 0 Å². The van der Waals surface area contributed by atoms with Crippen LogP contribution in [-0.4, -0.2) is 91.2 Å². The Bertz CT molecular complexity index is 532. The molecule has 0 bridgehead atoms. The Kier molecular flexibility index (Phi) is 6.51. The maximum absolute atomic E-state index is 12.6. The summed E-state index contributed by atoms with van der Waals surface area (Å²) in [4.78, 5) is 22.6. The lowest BCUT2D eigenvalue weighted by molar-refractivity contribution is -0.131. The topological polar surface area (TPSA) is 51.8 Å². The largest absolute Gasteiger partial charge is 0.375 e. The van der Waals surface area contributed by atoms with Crippen molar-refractivity contribution in [2.24, 2.45) is 0 Å². The fraction of sp³-hybridized carbons (Fsp3) is 0.737. The Morgan fingerprint density at radius 3 is 2.92 bits per heavy atom. The van der Waals surface area contributed by atoms with Crippen LogP contribution in [-0.2, 0) is 16.0 Å². The number of morpholine rings is 1. The monoisotopic (exact) mass is 348 g/mol. The van der Waals surface area contributed by atoms with Crippen LogP contribution >= 0.6 is 0 Å². The first-order chi connectivity index (χ1) is 12.1. The Labute approximate surface area is 151 Å². The molecule has 25 heavy (non-hydrogen) atoms. The van der Waals surface area contributed by atoms with Crippen LogP contribution in [0.2, 0.25) is 0 Å². The minimum absolute atomic E-state index is 0.271. The van der Waals surface area contributed by atoms with E-state index in [4.69, 9.17) is 4.74 Å². The molecule has 0 radical (unpaired) electrons. The molecule has 3 heterocycles. The zero-order chi connectivity index (χ0) is 17.6. The van der Waals surface area contributed by atoms with Crippen molar-refractivity contribution in [2.45, 2.75) is 37.8 Å². The van der Waals surface area contributed by atoms with E-state index in [9.17, 15) is 4.79 Å².